The van der Waals surface area contributed by atoms with Crippen LogP contribution in [0.3, 0.4) is 0 Å². The largest absolute Gasteiger partial charge is 0.375 e. The van der Waals surface area contributed by atoms with Crippen molar-refractivity contribution in [3.8, 4) is 11.3 Å². The first-order valence-corrected chi connectivity index (χ1v) is 7.25. The van der Waals surface area contributed by atoms with Crippen LogP contribution in [0.2, 0.25) is 0 Å². The van der Waals surface area contributed by atoms with Crippen LogP contribution in [0.25, 0.3) is 11.3 Å². The van der Waals surface area contributed by atoms with Crippen molar-refractivity contribution in [2.75, 3.05) is 20.3 Å². The van der Waals surface area contributed by atoms with E-state index in [4.69, 9.17) is 9.47 Å². The average molecular weight is 301 g/mol. The van der Waals surface area contributed by atoms with Gasteiger partial charge in [-0.15, -0.1) is 0 Å². The number of nitrogens with one attached hydrogen (secondary N) is 1. The van der Waals surface area contributed by atoms with E-state index >= 15 is 0 Å². The minimum absolute atomic E-state index is 0.0648. The van der Waals surface area contributed by atoms with Gasteiger partial charge in [0.15, 0.2) is 0 Å². The predicted molar refractivity (Wildman–Crippen MR) is 81.1 cm³/mol. The van der Waals surface area contributed by atoms with E-state index in [1.165, 1.54) is 7.11 Å². The molecule has 3 rings (SSSR count). The molecule has 116 valence electrons. The fraction of sp³-hybridized carbons (Fsp3) is 0.375. The van der Waals surface area contributed by atoms with Crippen LogP contribution in [0, 0.1) is 0 Å². The lowest BCUT2D eigenvalue weighted by Gasteiger charge is -2.26. The molecule has 1 aromatic carbocycles. The van der Waals surface area contributed by atoms with Gasteiger partial charge in [0.05, 0.1) is 24.5 Å². The fourth-order valence-electron chi connectivity index (χ4n) is 2.55. The molecule has 6 heteroatoms. The first kappa shape index (κ1) is 14.7. The number of nitrogens with zero attached hydrogens (tertiary/aromatic N) is 2. The van der Waals surface area contributed by atoms with E-state index in [9.17, 15) is 4.79 Å². The molecule has 2 aromatic rings. The molecule has 0 saturated carbocycles. The molecule has 0 radical (unpaired) electrons. The van der Waals surface area contributed by atoms with Gasteiger partial charge in [-0.25, -0.2) is 4.98 Å². The smallest absolute Gasteiger partial charge is 0.246 e. The van der Waals surface area contributed by atoms with E-state index in [1.807, 2.05) is 24.4 Å². The third-order valence-corrected chi connectivity index (χ3v) is 3.64. The average Bonchev–Trinajstić information content (AvgIpc) is 2.97. The summed E-state index contributed by atoms with van der Waals surface area (Å²) in [5, 5.41) is 2.81. The second kappa shape index (κ2) is 6.72. The maximum absolute atomic E-state index is 11.5. The van der Waals surface area contributed by atoms with E-state index in [0.717, 1.165) is 17.1 Å². The number of aromatic nitrogens is 2. The molecule has 0 fully saturated rings. The Morgan fingerprint density at radius 3 is 3.05 bits per heavy atom. The van der Waals surface area contributed by atoms with Gasteiger partial charge >= 0.3 is 0 Å². The molecule has 0 aliphatic carbocycles. The number of hydrogen-bond acceptors (Lipinski definition) is 4. The number of hydrogen-bond donors (Lipinski definition) is 1. The number of imidazole rings is 1. The lowest BCUT2D eigenvalue weighted by Crippen LogP contribution is -2.40. The van der Waals surface area contributed by atoms with Crippen LogP contribution < -0.4 is 5.32 Å². The minimum Gasteiger partial charge on any atom is -0.375 e. The summed E-state index contributed by atoms with van der Waals surface area (Å²) in [6.45, 7) is 1.66. The lowest BCUT2D eigenvalue weighted by atomic mass is 10.1. The Bertz CT molecular complexity index is 639. The molecule has 0 spiro atoms. The summed E-state index contributed by atoms with van der Waals surface area (Å²) in [4.78, 5) is 15.9. The van der Waals surface area contributed by atoms with Gasteiger partial charge in [0.25, 0.3) is 0 Å². The van der Waals surface area contributed by atoms with Crippen LogP contribution in [0.15, 0.2) is 36.5 Å². The Labute approximate surface area is 129 Å². The van der Waals surface area contributed by atoms with Crippen molar-refractivity contribution < 1.29 is 14.3 Å². The van der Waals surface area contributed by atoms with Gasteiger partial charge in [-0.2, -0.15) is 0 Å². The topological polar surface area (TPSA) is 65.4 Å². The standard InChI is InChI=1S/C16H19N3O3/c1-21-11-16(20)18-7-13-9-19-14(8-17-15(19)10-22-13)12-5-3-2-4-6-12/h2-6,8,13H,7,9-11H2,1H3,(H,18,20)/t13-/m0/s1. The maximum Gasteiger partial charge on any atom is 0.246 e. The molecule has 1 aliphatic rings. The zero-order chi connectivity index (χ0) is 15.4. The molecule has 0 unspecified atom stereocenters. The molecular formula is C16H19N3O3. The van der Waals surface area contributed by atoms with E-state index in [1.54, 1.807) is 0 Å². The fourth-order valence-corrected chi connectivity index (χ4v) is 2.55. The number of methoxy groups -OCH3 is 1. The van der Waals surface area contributed by atoms with Crippen molar-refractivity contribution in [3.63, 3.8) is 0 Å². The lowest BCUT2D eigenvalue weighted by molar-refractivity contribution is -0.125. The molecule has 1 aromatic heterocycles. The Balaban J connectivity index is 1.70. The third kappa shape index (κ3) is 3.18. The zero-order valence-electron chi connectivity index (χ0n) is 12.5. The molecule has 2 heterocycles. The van der Waals surface area contributed by atoms with Crippen molar-refractivity contribution in [1.82, 2.24) is 14.9 Å². The van der Waals surface area contributed by atoms with Crippen molar-refractivity contribution >= 4 is 5.91 Å². The van der Waals surface area contributed by atoms with E-state index < -0.39 is 0 Å². The number of carbonyl (C=O) groups excluding carboxylic acids is 1. The van der Waals surface area contributed by atoms with Gasteiger partial charge < -0.3 is 19.4 Å². The molecule has 1 atom stereocenters. The molecule has 0 saturated heterocycles. The van der Waals surface area contributed by atoms with Crippen LogP contribution in [0.1, 0.15) is 5.82 Å². The minimum atomic E-state index is -0.134. The predicted octanol–water partition coefficient (Wildman–Crippen LogP) is 1.21. The highest BCUT2D eigenvalue weighted by Gasteiger charge is 2.23. The Morgan fingerprint density at radius 1 is 1.45 bits per heavy atom. The maximum atomic E-state index is 11.5. The van der Waals surface area contributed by atoms with Gasteiger partial charge in [0, 0.05) is 13.7 Å². The highest BCUT2D eigenvalue weighted by Crippen LogP contribution is 2.24. The highest BCUT2D eigenvalue weighted by atomic mass is 16.5. The summed E-state index contributed by atoms with van der Waals surface area (Å²) < 4.78 is 12.7. The Morgan fingerprint density at radius 2 is 2.27 bits per heavy atom. The van der Waals surface area contributed by atoms with Crippen molar-refractivity contribution in [3.05, 3.63) is 42.4 Å². The second-order valence-corrected chi connectivity index (χ2v) is 5.21. The molecule has 6 nitrogen and oxygen atoms in total. The zero-order valence-corrected chi connectivity index (χ0v) is 12.5. The quantitative estimate of drug-likeness (QED) is 0.901. The number of rotatable bonds is 5. The van der Waals surface area contributed by atoms with Gasteiger partial charge in [-0.1, -0.05) is 30.3 Å². The third-order valence-electron chi connectivity index (χ3n) is 3.64. The van der Waals surface area contributed by atoms with Crippen LogP contribution in [0.5, 0.6) is 0 Å². The Hall–Kier alpha value is -2.18. The number of amides is 1. The molecule has 0 bridgehead atoms. The normalized spacial score (nSPS) is 17.0. The molecule has 1 aliphatic heterocycles. The molecule has 1 amide bonds. The molecule has 22 heavy (non-hydrogen) atoms. The SMILES string of the molecule is COCC(=O)NC[C@H]1Cn2c(-c3ccccc3)cnc2CO1. The van der Waals surface area contributed by atoms with Crippen LogP contribution in [0.4, 0.5) is 0 Å². The summed E-state index contributed by atoms with van der Waals surface area (Å²) in [5.74, 6) is 0.782. The van der Waals surface area contributed by atoms with Crippen LogP contribution >= 0.6 is 0 Å². The van der Waals surface area contributed by atoms with Crippen molar-refractivity contribution in [1.29, 1.82) is 0 Å². The summed E-state index contributed by atoms with van der Waals surface area (Å²) in [5.41, 5.74) is 2.21. The van der Waals surface area contributed by atoms with Gasteiger partial charge in [-0.05, 0) is 5.56 Å². The molecular weight excluding hydrogens is 282 g/mol. The van der Waals surface area contributed by atoms with Gasteiger partial charge in [-0.3, -0.25) is 4.79 Å². The Kier molecular flexibility index (Phi) is 4.50. The second-order valence-electron chi connectivity index (χ2n) is 5.21. The molecule has 1 N–H and O–H groups in total. The van der Waals surface area contributed by atoms with Crippen LogP contribution in [-0.2, 0) is 27.4 Å². The van der Waals surface area contributed by atoms with E-state index in [0.29, 0.717) is 19.7 Å². The highest BCUT2D eigenvalue weighted by molar-refractivity contribution is 5.77. The van der Waals surface area contributed by atoms with Crippen molar-refractivity contribution in [2.45, 2.75) is 19.3 Å². The number of ether oxygens (including phenoxy) is 2. The summed E-state index contributed by atoms with van der Waals surface area (Å²) in [7, 11) is 1.50. The van der Waals surface area contributed by atoms with Gasteiger partial charge in [0.2, 0.25) is 5.91 Å². The summed E-state index contributed by atoms with van der Waals surface area (Å²) >= 11 is 0. The van der Waals surface area contributed by atoms with Crippen LogP contribution in [-0.4, -0.2) is 41.8 Å². The van der Waals surface area contributed by atoms with Gasteiger partial charge in [0.1, 0.15) is 19.0 Å². The van der Waals surface area contributed by atoms with Crippen molar-refractivity contribution in [2.24, 2.45) is 0 Å². The number of benzene rings is 1. The monoisotopic (exact) mass is 301 g/mol. The first-order chi connectivity index (χ1) is 10.8. The summed E-state index contributed by atoms with van der Waals surface area (Å²) in [6.07, 6.45) is 1.81. The van der Waals surface area contributed by atoms with E-state index in [2.05, 4.69) is 27.0 Å². The summed E-state index contributed by atoms with van der Waals surface area (Å²) in [6, 6.07) is 10.1. The number of fused-ring (bicyclic) bond motifs is 1. The first-order valence-electron chi connectivity index (χ1n) is 7.25. The van der Waals surface area contributed by atoms with E-state index in [-0.39, 0.29) is 18.6 Å². The number of carbonyl (C=O) groups is 1.